The minimum Gasteiger partial charge on any atom is -0.0620 e. The van der Waals surface area contributed by atoms with Gasteiger partial charge in [-0.25, -0.2) is 0 Å². The van der Waals surface area contributed by atoms with Crippen LogP contribution in [0.3, 0.4) is 0 Å². The van der Waals surface area contributed by atoms with E-state index in [0.717, 1.165) is 0 Å². The van der Waals surface area contributed by atoms with Gasteiger partial charge in [0.05, 0.1) is 0 Å². The highest BCUT2D eigenvalue weighted by molar-refractivity contribution is 6.34. The van der Waals surface area contributed by atoms with Gasteiger partial charge in [0.15, 0.2) is 0 Å². The number of hydrogen-bond donors (Lipinski definition) is 0. The molecule has 2 aliphatic rings. The predicted molar refractivity (Wildman–Crippen MR) is 284 cm³/mol. The Kier molecular flexibility index (Phi) is 7.76. The van der Waals surface area contributed by atoms with Crippen molar-refractivity contribution in [1.29, 1.82) is 0 Å². The highest BCUT2D eigenvalue weighted by Gasteiger charge is 2.32. The Morgan fingerprint density at radius 2 is 0.455 bits per heavy atom. The molecule has 0 saturated carbocycles. The van der Waals surface area contributed by atoms with E-state index in [2.05, 4.69) is 222 Å². The Labute approximate surface area is 385 Å². The zero-order valence-corrected chi connectivity index (χ0v) is 37.5. The van der Waals surface area contributed by atoms with E-state index in [1.807, 2.05) is 0 Å². The van der Waals surface area contributed by atoms with Crippen molar-refractivity contribution in [3.63, 3.8) is 0 Å². The molecule has 12 aromatic rings. The van der Waals surface area contributed by atoms with Gasteiger partial charge in [-0.05, 0) is 205 Å². The largest absolute Gasteiger partial charge is 0.0620 e. The van der Waals surface area contributed by atoms with Crippen LogP contribution in [-0.4, -0.2) is 0 Å². The maximum Gasteiger partial charge on any atom is -0.00136 e. The number of aryl methyl sites for hydroxylation is 4. The average molecular weight is 837 g/mol. The average Bonchev–Trinajstić information content (AvgIpc) is 3.86. The molecule has 0 spiro atoms. The van der Waals surface area contributed by atoms with Crippen molar-refractivity contribution in [3.8, 4) is 89.0 Å². The molecule has 0 heterocycles. The molecule has 14 rings (SSSR count). The lowest BCUT2D eigenvalue weighted by atomic mass is 9.85. The minimum atomic E-state index is 1.29. The Morgan fingerprint density at radius 3 is 0.773 bits per heavy atom. The van der Waals surface area contributed by atoms with Crippen molar-refractivity contribution >= 4 is 53.9 Å². The van der Waals surface area contributed by atoms with Crippen molar-refractivity contribution < 1.29 is 0 Å². The SMILES string of the molecule is Cc1ccccc1-c1ccc(-c2ccccc2C)c2c1-c1cccc3c1c-2cc1c3ccc2c3cc4c5c(cccc5c3ccc12)-c1c(-c2ccccc2C)ccc(-c2ccccc2C)c1-4. The fourth-order valence-electron chi connectivity index (χ4n) is 12.3. The van der Waals surface area contributed by atoms with E-state index in [0.29, 0.717) is 0 Å². The Hall–Kier alpha value is -8.06. The lowest BCUT2D eigenvalue weighted by Crippen LogP contribution is -1.92. The van der Waals surface area contributed by atoms with Gasteiger partial charge in [-0.3, -0.25) is 0 Å². The molecule has 0 bridgehead atoms. The van der Waals surface area contributed by atoms with E-state index in [-0.39, 0.29) is 0 Å². The standard InChI is InChI=1S/C66H44/c1-37-15-5-9-19-41(37)51-31-33-53(43-21-11-7-17-39(43)3)65-59-35-57-45-28-30-48-50-24-14-26-56-62(50)60(36-58(48)46(45)27-29-47(57)49-23-13-25-55(61(49)59)63(51)65)66-54(44-22-12-8-18-40(44)4)34-32-52(64(56)66)42-20-10-6-16-38(42)2/h5-36H,1-4H3. The first kappa shape index (κ1) is 37.3. The van der Waals surface area contributed by atoms with Crippen LogP contribution in [0.2, 0.25) is 0 Å². The van der Waals surface area contributed by atoms with E-state index in [4.69, 9.17) is 0 Å². The third-order valence-corrected chi connectivity index (χ3v) is 15.3. The molecule has 308 valence electrons. The summed E-state index contributed by atoms with van der Waals surface area (Å²) < 4.78 is 0. The first-order valence-electron chi connectivity index (χ1n) is 23.3. The van der Waals surface area contributed by atoms with Crippen molar-refractivity contribution in [1.82, 2.24) is 0 Å². The van der Waals surface area contributed by atoms with E-state index in [1.54, 1.807) is 0 Å². The highest BCUT2D eigenvalue weighted by Crippen LogP contribution is 2.59. The topological polar surface area (TPSA) is 0 Å². The summed E-state index contributed by atoms with van der Waals surface area (Å²) >= 11 is 0. The lowest BCUT2D eigenvalue weighted by molar-refractivity contribution is 1.44. The van der Waals surface area contributed by atoms with Crippen LogP contribution in [0.25, 0.3) is 143 Å². The van der Waals surface area contributed by atoms with Crippen molar-refractivity contribution in [3.05, 3.63) is 216 Å². The van der Waals surface area contributed by atoms with Crippen molar-refractivity contribution in [2.75, 3.05) is 0 Å². The zero-order chi connectivity index (χ0) is 43.9. The lowest BCUT2D eigenvalue weighted by Gasteiger charge is -2.18. The predicted octanol–water partition coefficient (Wildman–Crippen LogP) is 18.6. The van der Waals surface area contributed by atoms with Gasteiger partial charge < -0.3 is 0 Å². The van der Waals surface area contributed by atoms with Crippen LogP contribution in [0.4, 0.5) is 0 Å². The minimum absolute atomic E-state index is 1.29. The second-order valence-corrected chi connectivity index (χ2v) is 18.8. The Balaban J connectivity index is 1.08. The third-order valence-electron chi connectivity index (χ3n) is 15.3. The summed E-state index contributed by atoms with van der Waals surface area (Å²) in [6, 6.07) is 73.8. The number of benzene rings is 12. The second kappa shape index (κ2) is 13.7. The maximum atomic E-state index is 2.54. The summed E-state index contributed by atoms with van der Waals surface area (Å²) in [7, 11) is 0. The molecule has 0 amide bonds. The van der Waals surface area contributed by atoms with E-state index in [1.165, 1.54) is 165 Å². The molecular weight excluding hydrogens is 793 g/mol. The summed E-state index contributed by atoms with van der Waals surface area (Å²) in [5.74, 6) is 0. The Bertz CT molecular complexity index is 3870. The molecule has 0 saturated heterocycles. The zero-order valence-electron chi connectivity index (χ0n) is 37.5. The molecule has 0 nitrogen and oxygen atoms in total. The van der Waals surface area contributed by atoms with E-state index in [9.17, 15) is 0 Å². The fourth-order valence-corrected chi connectivity index (χ4v) is 12.3. The number of fused-ring (bicyclic) bond motifs is 13. The molecule has 0 N–H and O–H groups in total. The van der Waals surface area contributed by atoms with Gasteiger partial charge in [-0.15, -0.1) is 0 Å². The third kappa shape index (κ3) is 4.99. The van der Waals surface area contributed by atoms with Gasteiger partial charge in [-0.2, -0.15) is 0 Å². The first-order valence-corrected chi connectivity index (χ1v) is 23.3. The number of rotatable bonds is 4. The van der Waals surface area contributed by atoms with Crippen LogP contribution in [0.1, 0.15) is 22.3 Å². The van der Waals surface area contributed by atoms with Crippen LogP contribution >= 0.6 is 0 Å². The maximum absolute atomic E-state index is 2.54. The highest BCUT2D eigenvalue weighted by atomic mass is 14.3. The van der Waals surface area contributed by atoms with Gasteiger partial charge in [0, 0.05) is 0 Å². The smallest absolute Gasteiger partial charge is 0.00136 e. The van der Waals surface area contributed by atoms with Crippen LogP contribution in [-0.2, 0) is 0 Å². The summed E-state index contributed by atoms with van der Waals surface area (Å²) in [4.78, 5) is 0. The van der Waals surface area contributed by atoms with Crippen LogP contribution in [0.5, 0.6) is 0 Å². The van der Waals surface area contributed by atoms with Crippen molar-refractivity contribution in [2.24, 2.45) is 0 Å². The quantitative estimate of drug-likeness (QED) is 0.155. The summed E-state index contributed by atoms with van der Waals surface area (Å²) in [6.45, 7) is 8.98. The van der Waals surface area contributed by atoms with E-state index < -0.39 is 0 Å². The molecule has 0 radical (unpaired) electrons. The van der Waals surface area contributed by atoms with E-state index >= 15 is 0 Å². The molecular formula is C66H44. The number of hydrogen-bond acceptors (Lipinski definition) is 0. The van der Waals surface area contributed by atoms with Gasteiger partial charge >= 0.3 is 0 Å². The monoisotopic (exact) mass is 836 g/mol. The molecule has 0 atom stereocenters. The molecule has 0 aromatic heterocycles. The van der Waals surface area contributed by atoms with Crippen molar-refractivity contribution in [2.45, 2.75) is 27.7 Å². The summed E-state index contributed by atoms with van der Waals surface area (Å²) in [6.07, 6.45) is 0. The van der Waals surface area contributed by atoms with Gasteiger partial charge in [0.2, 0.25) is 0 Å². The van der Waals surface area contributed by atoms with Gasteiger partial charge in [0.1, 0.15) is 0 Å². The van der Waals surface area contributed by atoms with Crippen LogP contribution in [0, 0.1) is 27.7 Å². The molecule has 66 heavy (non-hydrogen) atoms. The van der Waals surface area contributed by atoms with Gasteiger partial charge in [-0.1, -0.05) is 182 Å². The molecule has 0 unspecified atom stereocenters. The molecule has 0 fully saturated rings. The summed E-state index contributed by atoms with van der Waals surface area (Å²) in [5.41, 5.74) is 26.1. The van der Waals surface area contributed by atoms with Gasteiger partial charge in [0.25, 0.3) is 0 Å². The second-order valence-electron chi connectivity index (χ2n) is 18.8. The molecule has 0 heteroatoms. The summed E-state index contributed by atoms with van der Waals surface area (Å²) in [5, 5.41) is 13.1. The molecule has 2 aliphatic carbocycles. The molecule has 0 aliphatic heterocycles. The first-order chi connectivity index (χ1) is 32.4. The van der Waals surface area contributed by atoms with Crippen LogP contribution in [0.15, 0.2) is 194 Å². The Morgan fingerprint density at radius 1 is 0.182 bits per heavy atom. The normalized spacial score (nSPS) is 12.2. The molecule has 12 aromatic carbocycles. The fraction of sp³-hybridized carbons (Fsp3) is 0.0606. The van der Waals surface area contributed by atoms with Crippen LogP contribution < -0.4 is 0 Å².